The van der Waals surface area contributed by atoms with Crippen LogP contribution < -0.4 is 9.47 Å². The summed E-state index contributed by atoms with van der Waals surface area (Å²) >= 11 is 1.50. The summed E-state index contributed by atoms with van der Waals surface area (Å²) in [5, 5.41) is 0.803. The zero-order valence-electron chi connectivity index (χ0n) is 12.1. The molecule has 3 aromatic rings. The van der Waals surface area contributed by atoms with Crippen molar-refractivity contribution < 1.29 is 18.6 Å². The second-order valence-electron chi connectivity index (χ2n) is 4.55. The molecule has 0 saturated carbocycles. The van der Waals surface area contributed by atoms with E-state index in [0.29, 0.717) is 17.0 Å². The summed E-state index contributed by atoms with van der Waals surface area (Å²) in [6, 6.07) is 10.1. The Morgan fingerprint density at radius 2 is 1.95 bits per heavy atom. The van der Waals surface area contributed by atoms with Crippen molar-refractivity contribution >= 4 is 21.6 Å². The molecule has 0 radical (unpaired) electrons. The van der Waals surface area contributed by atoms with Crippen LogP contribution in [-0.2, 0) is 4.74 Å². The fourth-order valence-electron chi connectivity index (χ4n) is 2.07. The number of halogens is 1. The number of thiazole rings is 1. The van der Waals surface area contributed by atoms with Gasteiger partial charge in [-0.15, -0.1) is 11.3 Å². The number of nitrogens with zero attached hydrogens (tertiary/aromatic N) is 1. The van der Waals surface area contributed by atoms with E-state index in [1.807, 2.05) is 12.1 Å². The summed E-state index contributed by atoms with van der Waals surface area (Å²) in [7, 11) is 3.13. The number of fused-ring (bicyclic) bond motifs is 1. The van der Waals surface area contributed by atoms with Gasteiger partial charge in [0.15, 0.2) is 18.3 Å². The number of benzene rings is 2. The standard InChI is InChI=1S/C16H14FNO3S/c1-19-9-21-13-5-3-10(7-14(13)20-2)16-18-12-8-11(17)4-6-15(12)22-16/h3-8H,9H2,1-2H3. The third-order valence-corrected chi connectivity index (χ3v) is 4.18. The summed E-state index contributed by atoms with van der Waals surface area (Å²) in [4.78, 5) is 4.47. The van der Waals surface area contributed by atoms with Gasteiger partial charge in [-0.25, -0.2) is 9.37 Å². The van der Waals surface area contributed by atoms with Crippen molar-refractivity contribution in [2.24, 2.45) is 0 Å². The molecular weight excluding hydrogens is 305 g/mol. The van der Waals surface area contributed by atoms with E-state index in [1.165, 1.54) is 23.5 Å². The van der Waals surface area contributed by atoms with Crippen molar-refractivity contribution in [2.75, 3.05) is 21.0 Å². The fourth-order valence-corrected chi connectivity index (χ4v) is 3.01. The van der Waals surface area contributed by atoms with Gasteiger partial charge in [-0.05, 0) is 30.3 Å². The summed E-state index contributed by atoms with van der Waals surface area (Å²) in [6.45, 7) is 0.149. The third-order valence-electron chi connectivity index (χ3n) is 3.09. The van der Waals surface area contributed by atoms with Crippen LogP contribution in [0.5, 0.6) is 11.5 Å². The number of rotatable bonds is 5. The largest absolute Gasteiger partial charge is 0.493 e. The zero-order valence-corrected chi connectivity index (χ0v) is 12.9. The van der Waals surface area contributed by atoms with Crippen molar-refractivity contribution in [3.8, 4) is 22.1 Å². The lowest BCUT2D eigenvalue weighted by molar-refractivity contribution is 0.0492. The predicted molar refractivity (Wildman–Crippen MR) is 84.1 cm³/mol. The maximum absolute atomic E-state index is 13.3. The Balaban J connectivity index is 1.99. The second kappa shape index (κ2) is 6.29. The Bertz CT molecular complexity index is 803. The Morgan fingerprint density at radius 3 is 2.73 bits per heavy atom. The Kier molecular flexibility index (Phi) is 4.22. The highest BCUT2D eigenvalue weighted by molar-refractivity contribution is 7.21. The molecule has 0 atom stereocenters. The summed E-state index contributed by atoms with van der Waals surface area (Å²) in [6.07, 6.45) is 0. The first-order valence-corrected chi connectivity index (χ1v) is 7.39. The SMILES string of the molecule is COCOc1ccc(-c2nc3cc(F)ccc3s2)cc1OC. The molecule has 0 unspecified atom stereocenters. The number of aromatic nitrogens is 1. The lowest BCUT2D eigenvalue weighted by atomic mass is 10.2. The zero-order chi connectivity index (χ0) is 15.5. The van der Waals surface area contributed by atoms with E-state index in [9.17, 15) is 4.39 Å². The molecule has 0 N–H and O–H groups in total. The van der Waals surface area contributed by atoms with Crippen LogP contribution >= 0.6 is 11.3 Å². The van der Waals surface area contributed by atoms with Crippen LogP contribution in [0, 0.1) is 5.82 Å². The molecule has 6 heteroatoms. The summed E-state index contributed by atoms with van der Waals surface area (Å²) in [5.74, 6) is 0.908. The first kappa shape index (κ1) is 14.7. The number of hydrogen-bond donors (Lipinski definition) is 0. The second-order valence-corrected chi connectivity index (χ2v) is 5.58. The van der Waals surface area contributed by atoms with Crippen molar-refractivity contribution in [3.63, 3.8) is 0 Å². The van der Waals surface area contributed by atoms with Gasteiger partial charge in [-0.2, -0.15) is 0 Å². The Hall–Kier alpha value is -2.18. The number of hydrogen-bond acceptors (Lipinski definition) is 5. The molecule has 0 fully saturated rings. The van der Waals surface area contributed by atoms with Crippen LogP contribution in [0.2, 0.25) is 0 Å². The minimum absolute atomic E-state index is 0.149. The van der Waals surface area contributed by atoms with E-state index in [2.05, 4.69) is 4.98 Å². The van der Waals surface area contributed by atoms with E-state index in [1.54, 1.807) is 26.4 Å². The number of ether oxygens (including phenoxy) is 3. The van der Waals surface area contributed by atoms with Gasteiger partial charge in [-0.1, -0.05) is 0 Å². The van der Waals surface area contributed by atoms with Gasteiger partial charge >= 0.3 is 0 Å². The molecule has 0 aliphatic carbocycles. The van der Waals surface area contributed by atoms with Gasteiger partial charge < -0.3 is 14.2 Å². The first-order valence-electron chi connectivity index (χ1n) is 6.57. The smallest absolute Gasteiger partial charge is 0.188 e. The summed E-state index contributed by atoms with van der Waals surface area (Å²) < 4.78 is 29.8. The van der Waals surface area contributed by atoms with Crippen LogP contribution in [0.1, 0.15) is 0 Å². The number of methoxy groups -OCH3 is 2. The summed E-state index contributed by atoms with van der Waals surface area (Å²) in [5.41, 5.74) is 1.54. The molecule has 1 aromatic heterocycles. The molecule has 22 heavy (non-hydrogen) atoms. The van der Waals surface area contributed by atoms with Crippen LogP contribution in [0.15, 0.2) is 36.4 Å². The molecule has 1 heterocycles. The monoisotopic (exact) mass is 319 g/mol. The Morgan fingerprint density at radius 1 is 1.09 bits per heavy atom. The van der Waals surface area contributed by atoms with Gasteiger partial charge in [0, 0.05) is 18.7 Å². The third kappa shape index (κ3) is 2.88. The first-order chi connectivity index (χ1) is 10.7. The molecule has 2 aromatic carbocycles. The van der Waals surface area contributed by atoms with Crippen LogP contribution in [-0.4, -0.2) is 26.0 Å². The van der Waals surface area contributed by atoms with E-state index < -0.39 is 0 Å². The molecule has 0 aliphatic rings. The maximum Gasteiger partial charge on any atom is 0.188 e. The van der Waals surface area contributed by atoms with E-state index in [4.69, 9.17) is 14.2 Å². The molecule has 0 bridgehead atoms. The maximum atomic E-state index is 13.3. The van der Waals surface area contributed by atoms with E-state index in [0.717, 1.165) is 15.3 Å². The van der Waals surface area contributed by atoms with Crippen LogP contribution in [0.3, 0.4) is 0 Å². The average molecular weight is 319 g/mol. The van der Waals surface area contributed by atoms with E-state index >= 15 is 0 Å². The predicted octanol–water partition coefficient (Wildman–Crippen LogP) is 4.09. The van der Waals surface area contributed by atoms with Crippen LogP contribution in [0.4, 0.5) is 4.39 Å². The molecule has 0 aliphatic heterocycles. The highest BCUT2D eigenvalue weighted by Crippen LogP contribution is 2.36. The van der Waals surface area contributed by atoms with Gasteiger partial charge in [0.05, 0.1) is 17.3 Å². The van der Waals surface area contributed by atoms with Crippen molar-refractivity contribution in [2.45, 2.75) is 0 Å². The van der Waals surface area contributed by atoms with Crippen LogP contribution in [0.25, 0.3) is 20.8 Å². The topological polar surface area (TPSA) is 40.6 Å². The molecule has 0 saturated heterocycles. The molecule has 3 rings (SSSR count). The highest BCUT2D eigenvalue weighted by Gasteiger charge is 2.11. The van der Waals surface area contributed by atoms with Gasteiger partial charge in [0.2, 0.25) is 0 Å². The quantitative estimate of drug-likeness (QED) is 0.664. The molecule has 0 amide bonds. The van der Waals surface area contributed by atoms with Gasteiger partial charge in [-0.3, -0.25) is 0 Å². The van der Waals surface area contributed by atoms with Crippen molar-refractivity contribution in [1.82, 2.24) is 4.98 Å². The molecular formula is C16H14FNO3S. The highest BCUT2D eigenvalue weighted by atomic mass is 32.1. The normalized spacial score (nSPS) is 10.9. The lowest BCUT2D eigenvalue weighted by Gasteiger charge is -2.10. The minimum Gasteiger partial charge on any atom is -0.493 e. The van der Waals surface area contributed by atoms with Crippen molar-refractivity contribution in [3.05, 3.63) is 42.2 Å². The van der Waals surface area contributed by atoms with E-state index in [-0.39, 0.29) is 12.6 Å². The average Bonchev–Trinajstić information content (AvgIpc) is 2.95. The molecule has 0 spiro atoms. The Labute approximate surface area is 131 Å². The van der Waals surface area contributed by atoms with Crippen molar-refractivity contribution in [1.29, 1.82) is 0 Å². The lowest BCUT2D eigenvalue weighted by Crippen LogP contribution is -2.00. The van der Waals surface area contributed by atoms with Gasteiger partial charge in [0.1, 0.15) is 10.8 Å². The molecule has 114 valence electrons. The fraction of sp³-hybridized carbons (Fsp3) is 0.188. The minimum atomic E-state index is -0.287. The van der Waals surface area contributed by atoms with Gasteiger partial charge in [0.25, 0.3) is 0 Å². The molecule has 4 nitrogen and oxygen atoms in total.